The number of pyridine rings is 1. The maximum atomic E-state index is 12.6. The zero-order valence-electron chi connectivity index (χ0n) is 10.9. The van der Waals surface area contributed by atoms with Gasteiger partial charge in [-0.3, -0.25) is 14.6 Å². The predicted octanol–water partition coefficient (Wildman–Crippen LogP) is 2.73. The third-order valence-corrected chi connectivity index (χ3v) is 3.61. The summed E-state index contributed by atoms with van der Waals surface area (Å²) >= 11 is 0. The van der Waals surface area contributed by atoms with Crippen molar-refractivity contribution < 1.29 is 9.59 Å². The second-order valence-electron chi connectivity index (χ2n) is 4.70. The Morgan fingerprint density at radius 1 is 1.05 bits per heavy atom. The molecule has 0 radical (unpaired) electrons. The average molecular weight is 251 g/mol. The molecule has 0 atom stereocenters. The van der Waals surface area contributed by atoms with Gasteiger partial charge in [0.15, 0.2) is 5.78 Å². The van der Waals surface area contributed by atoms with Crippen LogP contribution < -0.4 is 0 Å². The molecule has 19 heavy (non-hydrogen) atoms. The van der Waals surface area contributed by atoms with E-state index in [1.54, 1.807) is 30.5 Å². The molecule has 0 bridgehead atoms. The van der Waals surface area contributed by atoms with Crippen LogP contribution in [-0.4, -0.2) is 16.6 Å². The van der Waals surface area contributed by atoms with Crippen molar-refractivity contribution in [2.24, 2.45) is 0 Å². The van der Waals surface area contributed by atoms with E-state index < -0.39 is 0 Å². The Balaban J connectivity index is 2.36. The van der Waals surface area contributed by atoms with E-state index in [9.17, 15) is 9.59 Å². The minimum Gasteiger partial charge on any atom is -0.288 e. The highest BCUT2D eigenvalue weighted by molar-refractivity contribution is 6.28. The summed E-state index contributed by atoms with van der Waals surface area (Å²) in [7, 11) is 0. The number of benzene rings is 1. The molecule has 0 saturated carbocycles. The van der Waals surface area contributed by atoms with Gasteiger partial charge in [-0.05, 0) is 24.5 Å². The number of aryl methyl sites for hydroxylation is 1. The summed E-state index contributed by atoms with van der Waals surface area (Å²) in [5, 5.41) is 0. The van der Waals surface area contributed by atoms with Crippen molar-refractivity contribution in [1.82, 2.24) is 4.98 Å². The lowest BCUT2D eigenvalue weighted by Crippen LogP contribution is -2.24. The third kappa shape index (κ3) is 1.55. The number of carbonyl (C=O) groups is 2. The molecule has 0 amide bonds. The van der Waals surface area contributed by atoms with Gasteiger partial charge in [0.25, 0.3) is 0 Å². The Morgan fingerprint density at radius 3 is 2.32 bits per heavy atom. The number of hydrogen-bond acceptors (Lipinski definition) is 3. The lowest BCUT2D eigenvalue weighted by atomic mass is 9.83. The van der Waals surface area contributed by atoms with Crippen LogP contribution in [0.3, 0.4) is 0 Å². The average Bonchev–Trinajstić information content (AvgIpc) is 2.44. The first-order valence-corrected chi connectivity index (χ1v) is 6.32. The predicted molar refractivity (Wildman–Crippen MR) is 71.7 cm³/mol. The number of ketones is 2. The van der Waals surface area contributed by atoms with E-state index in [4.69, 9.17) is 0 Å². The minimum absolute atomic E-state index is 0.0850. The van der Waals surface area contributed by atoms with Crippen LogP contribution in [0.5, 0.6) is 0 Å². The Hall–Kier alpha value is -2.29. The molecule has 0 fully saturated rings. The maximum absolute atomic E-state index is 12.6. The Bertz CT molecular complexity index is 717. The molecule has 3 heteroatoms. The SMILES string of the molecule is CCc1c(C)cnc2c1C(=O)c1ccccc1C2=O. The molecule has 1 aromatic heterocycles. The fourth-order valence-corrected chi connectivity index (χ4v) is 2.66. The van der Waals surface area contributed by atoms with Crippen LogP contribution in [0.4, 0.5) is 0 Å². The highest BCUT2D eigenvalue weighted by Crippen LogP contribution is 2.29. The topological polar surface area (TPSA) is 47.0 Å². The van der Waals surface area contributed by atoms with Crippen LogP contribution in [0.2, 0.25) is 0 Å². The van der Waals surface area contributed by atoms with E-state index in [1.807, 2.05) is 13.8 Å². The second-order valence-corrected chi connectivity index (χ2v) is 4.70. The molecule has 1 aliphatic carbocycles. The summed E-state index contributed by atoms with van der Waals surface area (Å²) in [5.74, 6) is -0.238. The normalized spacial score (nSPS) is 13.2. The fraction of sp³-hybridized carbons (Fsp3) is 0.188. The molecular formula is C16H13NO2. The first-order valence-electron chi connectivity index (χ1n) is 6.32. The molecule has 0 saturated heterocycles. The van der Waals surface area contributed by atoms with E-state index in [1.165, 1.54) is 0 Å². The highest BCUT2D eigenvalue weighted by atomic mass is 16.1. The number of carbonyl (C=O) groups excluding carboxylic acids is 2. The van der Waals surface area contributed by atoms with Crippen molar-refractivity contribution in [3.05, 3.63) is 64.0 Å². The van der Waals surface area contributed by atoms with Crippen molar-refractivity contribution in [3.8, 4) is 0 Å². The van der Waals surface area contributed by atoms with Crippen molar-refractivity contribution in [1.29, 1.82) is 0 Å². The van der Waals surface area contributed by atoms with Crippen LogP contribution in [0, 0.1) is 6.92 Å². The quantitative estimate of drug-likeness (QED) is 0.668. The minimum atomic E-state index is -0.153. The molecule has 1 aliphatic rings. The highest BCUT2D eigenvalue weighted by Gasteiger charge is 2.32. The van der Waals surface area contributed by atoms with Crippen LogP contribution in [0.15, 0.2) is 30.5 Å². The third-order valence-electron chi connectivity index (χ3n) is 3.61. The summed E-state index contributed by atoms with van der Waals surface area (Å²) in [6.45, 7) is 3.91. The van der Waals surface area contributed by atoms with E-state index in [-0.39, 0.29) is 11.6 Å². The van der Waals surface area contributed by atoms with Gasteiger partial charge in [-0.2, -0.15) is 0 Å². The fourth-order valence-electron chi connectivity index (χ4n) is 2.66. The molecule has 94 valence electrons. The van der Waals surface area contributed by atoms with Gasteiger partial charge in [0.1, 0.15) is 5.69 Å². The number of fused-ring (bicyclic) bond motifs is 2. The van der Waals surface area contributed by atoms with Crippen molar-refractivity contribution in [2.75, 3.05) is 0 Å². The van der Waals surface area contributed by atoms with Gasteiger partial charge in [0, 0.05) is 17.3 Å². The number of aromatic nitrogens is 1. The lowest BCUT2D eigenvalue weighted by Gasteiger charge is -2.20. The molecule has 1 aromatic carbocycles. The van der Waals surface area contributed by atoms with E-state index in [2.05, 4.69) is 4.98 Å². The number of nitrogens with zero attached hydrogens (tertiary/aromatic N) is 1. The van der Waals surface area contributed by atoms with Gasteiger partial charge in [-0.15, -0.1) is 0 Å². The smallest absolute Gasteiger partial charge is 0.212 e. The van der Waals surface area contributed by atoms with Gasteiger partial charge in [-0.25, -0.2) is 0 Å². The molecule has 3 nitrogen and oxygen atoms in total. The first kappa shape index (κ1) is 11.8. The number of hydrogen-bond donors (Lipinski definition) is 0. The zero-order valence-corrected chi connectivity index (χ0v) is 10.9. The van der Waals surface area contributed by atoms with Crippen LogP contribution in [0.25, 0.3) is 0 Å². The largest absolute Gasteiger partial charge is 0.288 e. The first-order chi connectivity index (χ1) is 9.15. The Morgan fingerprint density at radius 2 is 1.68 bits per heavy atom. The molecule has 3 rings (SSSR count). The van der Waals surface area contributed by atoms with Gasteiger partial charge in [-0.1, -0.05) is 31.2 Å². The summed E-state index contributed by atoms with van der Waals surface area (Å²) in [6.07, 6.45) is 2.40. The van der Waals surface area contributed by atoms with E-state index in [0.717, 1.165) is 17.5 Å². The molecule has 1 heterocycles. The Kier molecular flexibility index (Phi) is 2.56. The molecule has 0 aliphatic heterocycles. The summed E-state index contributed by atoms with van der Waals surface area (Å²) in [4.78, 5) is 29.2. The summed E-state index contributed by atoms with van der Waals surface area (Å²) in [6, 6.07) is 6.94. The van der Waals surface area contributed by atoms with Gasteiger partial charge in [0.05, 0.1) is 5.56 Å². The standard InChI is InChI=1S/C16H13NO2/c1-3-10-9(2)8-17-14-13(10)15(18)11-6-4-5-7-12(11)16(14)19/h4-8H,3H2,1-2H3. The molecule has 2 aromatic rings. The second kappa shape index (κ2) is 4.12. The van der Waals surface area contributed by atoms with Gasteiger partial charge >= 0.3 is 0 Å². The van der Waals surface area contributed by atoms with E-state index in [0.29, 0.717) is 22.4 Å². The Labute approximate surface area is 111 Å². The van der Waals surface area contributed by atoms with Crippen LogP contribution >= 0.6 is 0 Å². The summed E-state index contributed by atoms with van der Waals surface area (Å²) in [5.41, 5.74) is 3.62. The molecule has 0 N–H and O–H groups in total. The maximum Gasteiger partial charge on any atom is 0.212 e. The van der Waals surface area contributed by atoms with E-state index >= 15 is 0 Å². The van der Waals surface area contributed by atoms with Crippen molar-refractivity contribution in [2.45, 2.75) is 20.3 Å². The molecule has 0 unspecified atom stereocenters. The van der Waals surface area contributed by atoms with Gasteiger partial charge < -0.3 is 0 Å². The van der Waals surface area contributed by atoms with Crippen LogP contribution in [-0.2, 0) is 6.42 Å². The zero-order chi connectivity index (χ0) is 13.6. The van der Waals surface area contributed by atoms with Gasteiger partial charge in [0.2, 0.25) is 5.78 Å². The molecular weight excluding hydrogens is 238 g/mol. The number of rotatable bonds is 1. The lowest BCUT2D eigenvalue weighted by molar-refractivity contribution is 0.0974. The monoisotopic (exact) mass is 251 g/mol. The molecule has 0 spiro atoms. The van der Waals surface area contributed by atoms with Crippen LogP contribution in [0.1, 0.15) is 50.0 Å². The van der Waals surface area contributed by atoms with Crippen molar-refractivity contribution >= 4 is 11.6 Å². The van der Waals surface area contributed by atoms with Crippen molar-refractivity contribution in [3.63, 3.8) is 0 Å². The summed E-state index contributed by atoms with van der Waals surface area (Å²) < 4.78 is 0.